The highest BCUT2D eigenvalue weighted by Crippen LogP contribution is 2.40. The van der Waals surface area contributed by atoms with Gasteiger partial charge >= 0.3 is 0 Å². The number of allylic oxidation sites excluding steroid dienone is 9. The van der Waals surface area contributed by atoms with Crippen LogP contribution >= 0.6 is 12.2 Å². The molecule has 1 aliphatic rings. The van der Waals surface area contributed by atoms with Crippen LogP contribution in [0.25, 0.3) is 32.8 Å². The van der Waals surface area contributed by atoms with Crippen molar-refractivity contribution in [3.05, 3.63) is 130 Å². The molecule has 5 rings (SSSR count). The number of rotatable bonds is 8. The Morgan fingerprint density at radius 3 is 1.66 bits per heavy atom. The molecule has 0 aromatic heterocycles. The molecule has 0 spiro atoms. The molecule has 0 heterocycles. The number of aliphatic hydroxyl groups is 1. The Bertz CT molecular complexity index is 2090. The number of carbonyl (C=O) groups excluding carboxylic acids is 2. The van der Waals surface area contributed by atoms with Gasteiger partial charge in [-0.2, -0.15) is 0 Å². The quantitative estimate of drug-likeness (QED) is 0.0381. The summed E-state index contributed by atoms with van der Waals surface area (Å²) in [6.45, 7) is 23.9. The number of ketones is 2. The van der Waals surface area contributed by atoms with E-state index in [1.807, 2.05) is 106 Å². The van der Waals surface area contributed by atoms with Gasteiger partial charge in [-0.25, -0.2) is 0 Å². The highest BCUT2D eigenvalue weighted by molar-refractivity contribution is 7.80. The Morgan fingerprint density at radius 1 is 0.726 bits per heavy atom. The van der Waals surface area contributed by atoms with Gasteiger partial charge in [0.15, 0.2) is 11.6 Å². The Hall–Kier alpha value is -5.35. The lowest BCUT2D eigenvalue weighted by Gasteiger charge is -2.13. The van der Waals surface area contributed by atoms with E-state index < -0.39 is 0 Å². The number of ether oxygens (including phenoxy) is 1. The first kappa shape index (κ1) is 56.7. The van der Waals surface area contributed by atoms with E-state index in [1.54, 1.807) is 14.0 Å². The fourth-order valence-corrected chi connectivity index (χ4v) is 6.51. The molecule has 0 amide bonds. The van der Waals surface area contributed by atoms with Crippen LogP contribution in [0.1, 0.15) is 131 Å². The van der Waals surface area contributed by atoms with Gasteiger partial charge in [-0.3, -0.25) is 9.59 Å². The zero-order valence-electron chi connectivity index (χ0n) is 39.9. The average molecular weight is 865 g/mol. The molecular weight excluding hydrogens is 789 g/mol. The van der Waals surface area contributed by atoms with Crippen molar-refractivity contribution in [2.24, 2.45) is 17.2 Å². The highest BCUT2D eigenvalue weighted by atomic mass is 32.1. The number of nitrogens with two attached hydrogens (primary N) is 4. The van der Waals surface area contributed by atoms with Crippen molar-refractivity contribution in [2.75, 3.05) is 19.4 Å². The van der Waals surface area contributed by atoms with E-state index in [1.165, 1.54) is 33.1 Å². The SMILES string of the molecule is CC(N)=S.CCC.CCC.CCC.CCN.COc1ccc(C)c2c(/C(N)=C\C=C3\CC/C(=C\C=C(\C)c4cccc5c(CO)ccc(N)c45)C3=C(C(C)=O)C(C)=O)cccc12. The molecule has 9 N–H and O–H groups in total. The number of methoxy groups -OCH3 is 1. The van der Waals surface area contributed by atoms with E-state index in [0.717, 1.165) is 72.8 Å². The molecule has 0 aliphatic heterocycles. The van der Waals surface area contributed by atoms with Gasteiger partial charge in [0.2, 0.25) is 0 Å². The molecule has 0 bridgehead atoms. The van der Waals surface area contributed by atoms with E-state index in [2.05, 4.69) is 53.8 Å². The third-order valence-corrected chi connectivity index (χ3v) is 8.76. The third kappa shape index (κ3) is 17.2. The van der Waals surface area contributed by atoms with Crippen molar-refractivity contribution in [1.82, 2.24) is 0 Å². The Kier molecular flexibility index (Phi) is 28.0. The number of hydrogen-bond acceptors (Lipinski definition) is 8. The molecular formula is C53H76N4O4S. The number of aryl methyl sites for hydroxylation is 1. The van der Waals surface area contributed by atoms with E-state index in [-0.39, 0.29) is 23.7 Å². The molecule has 9 heteroatoms. The Morgan fingerprint density at radius 2 is 1.19 bits per heavy atom. The van der Waals surface area contributed by atoms with Crippen LogP contribution in [-0.2, 0) is 16.2 Å². The number of aliphatic hydroxyl groups excluding tert-OH is 1. The summed E-state index contributed by atoms with van der Waals surface area (Å²) in [5, 5.41) is 13.7. The molecule has 338 valence electrons. The fourth-order valence-electron chi connectivity index (χ4n) is 6.51. The van der Waals surface area contributed by atoms with Crippen molar-refractivity contribution in [1.29, 1.82) is 0 Å². The molecule has 8 nitrogen and oxygen atoms in total. The van der Waals surface area contributed by atoms with Crippen LogP contribution in [0.15, 0.2) is 107 Å². The summed E-state index contributed by atoms with van der Waals surface area (Å²) >= 11 is 4.31. The standard InChI is InChI=1S/C40H40N2O4.3C3H8.C2H5NS.C2H7N/c1-23(30-8-6-9-31-29(22-43)18-20-35(42)40(30)31)12-14-27-15-16-28(39(27)38(25(3)44)26(4)45)17-19-34(41)32-10-7-11-33-36(46-5)21-13-24(2)37(32)33;3*1-3-2;1-2(3)4;1-2-3/h6-14,17-21,43H,15-16,22,41-42H2,1-5H3;3*3H2,1-2H3;1H3,(H2,3,4);2-3H2,1H3/b23-12-,27-14+,28-17-,34-19+;;;;;. The van der Waals surface area contributed by atoms with Crippen LogP contribution in [0.2, 0.25) is 0 Å². The van der Waals surface area contributed by atoms with Gasteiger partial charge in [0.25, 0.3) is 0 Å². The summed E-state index contributed by atoms with van der Waals surface area (Å²) in [5.74, 6) is 0.239. The van der Waals surface area contributed by atoms with Gasteiger partial charge in [0, 0.05) is 27.7 Å². The molecule has 1 saturated carbocycles. The number of Topliss-reactive ketones (excluding diaryl/α,β-unsaturated/α-hetero) is 2. The van der Waals surface area contributed by atoms with Crippen LogP contribution in [0, 0.1) is 6.92 Å². The molecule has 62 heavy (non-hydrogen) atoms. The molecule has 0 radical (unpaired) electrons. The molecule has 4 aromatic carbocycles. The number of fused-ring (bicyclic) bond motifs is 2. The zero-order chi connectivity index (χ0) is 47.5. The van der Waals surface area contributed by atoms with Gasteiger partial charge in [-0.05, 0) is 122 Å². The number of nitrogen functional groups attached to an aromatic ring is 1. The molecule has 1 aliphatic carbocycles. The van der Waals surface area contributed by atoms with E-state index >= 15 is 0 Å². The number of thiocarbonyl (C=S) groups is 1. The average Bonchev–Trinajstić information content (AvgIpc) is 3.61. The van der Waals surface area contributed by atoms with Crippen LogP contribution < -0.4 is 27.7 Å². The number of hydrogen-bond donors (Lipinski definition) is 5. The largest absolute Gasteiger partial charge is 0.496 e. The van der Waals surface area contributed by atoms with Crippen LogP contribution in [-0.4, -0.2) is 35.3 Å². The minimum Gasteiger partial charge on any atom is -0.496 e. The summed E-state index contributed by atoms with van der Waals surface area (Å²) in [4.78, 5) is 26.2. The monoisotopic (exact) mass is 865 g/mol. The maximum absolute atomic E-state index is 12.8. The Labute approximate surface area is 378 Å². The predicted octanol–water partition coefficient (Wildman–Crippen LogP) is 12.4. The van der Waals surface area contributed by atoms with Crippen molar-refractivity contribution < 1.29 is 19.4 Å². The first-order chi connectivity index (χ1) is 29.5. The van der Waals surface area contributed by atoms with Gasteiger partial charge < -0.3 is 32.8 Å². The summed E-state index contributed by atoms with van der Waals surface area (Å²) in [6.07, 6.45) is 12.9. The summed E-state index contributed by atoms with van der Waals surface area (Å²) in [7, 11) is 1.66. The summed E-state index contributed by atoms with van der Waals surface area (Å²) < 4.78 is 5.59. The van der Waals surface area contributed by atoms with E-state index in [4.69, 9.17) is 27.7 Å². The van der Waals surface area contributed by atoms with Gasteiger partial charge in [0.05, 0.1) is 24.3 Å². The maximum atomic E-state index is 12.8. The maximum Gasteiger partial charge on any atom is 0.163 e. The minimum atomic E-state index is -0.269. The molecule has 1 fully saturated rings. The van der Waals surface area contributed by atoms with Crippen LogP contribution in [0.3, 0.4) is 0 Å². The Balaban J connectivity index is 0.00000202. The lowest BCUT2D eigenvalue weighted by molar-refractivity contribution is -0.119. The molecule has 0 saturated heterocycles. The lowest BCUT2D eigenvalue weighted by Crippen LogP contribution is -2.10. The van der Waals surface area contributed by atoms with Gasteiger partial charge in [-0.1, -0.05) is 147 Å². The number of benzene rings is 4. The second-order valence-electron chi connectivity index (χ2n) is 14.9. The first-order valence-corrected chi connectivity index (χ1v) is 22.1. The second kappa shape index (κ2) is 30.6. The molecule has 0 unspecified atom stereocenters. The summed E-state index contributed by atoms with van der Waals surface area (Å²) in [5.41, 5.74) is 31.4. The topological polar surface area (TPSA) is 168 Å². The summed E-state index contributed by atoms with van der Waals surface area (Å²) in [6, 6.07) is 19.5. The first-order valence-electron chi connectivity index (χ1n) is 21.7. The van der Waals surface area contributed by atoms with E-state index in [9.17, 15) is 14.7 Å². The number of carbonyl (C=O) groups is 2. The lowest BCUT2D eigenvalue weighted by atomic mass is 9.92. The molecule has 4 aromatic rings. The third-order valence-electron chi connectivity index (χ3n) is 8.76. The van der Waals surface area contributed by atoms with Crippen LogP contribution in [0.4, 0.5) is 5.69 Å². The van der Waals surface area contributed by atoms with Crippen molar-refractivity contribution in [3.63, 3.8) is 0 Å². The fraction of sp³-hybridized carbons (Fsp3) is 0.377. The van der Waals surface area contributed by atoms with E-state index in [0.29, 0.717) is 34.8 Å². The predicted molar refractivity (Wildman–Crippen MR) is 274 cm³/mol. The molecule has 0 atom stereocenters. The smallest absolute Gasteiger partial charge is 0.163 e. The van der Waals surface area contributed by atoms with Crippen molar-refractivity contribution in [3.8, 4) is 5.75 Å². The van der Waals surface area contributed by atoms with Crippen molar-refractivity contribution in [2.45, 2.75) is 122 Å². The normalized spacial score (nSPS) is 13.2. The highest BCUT2D eigenvalue weighted by Gasteiger charge is 2.27. The van der Waals surface area contributed by atoms with Gasteiger partial charge in [-0.15, -0.1) is 0 Å². The van der Waals surface area contributed by atoms with Crippen molar-refractivity contribution >= 4 is 67.3 Å². The zero-order valence-corrected chi connectivity index (χ0v) is 40.7. The van der Waals surface area contributed by atoms with Gasteiger partial charge in [0.1, 0.15) is 5.75 Å². The van der Waals surface area contributed by atoms with Crippen LogP contribution in [0.5, 0.6) is 5.75 Å². The second-order valence-corrected chi connectivity index (χ2v) is 15.5. The number of anilines is 1. The minimum absolute atomic E-state index is 0.0809.